The van der Waals surface area contributed by atoms with Gasteiger partial charge < -0.3 is 4.74 Å². The zero-order valence-electron chi connectivity index (χ0n) is 15.9. The van der Waals surface area contributed by atoms with Crippen molar-refractivity contribution < 1.29 is 9.53 Å². The molecule has 1 aromatic carbocycles. The molecule has 26 heavy (non-hydrogen) atoms. The first-order chi connectivity index (χ1) is 12.8. The molecule has 1 aromatic rings. The maximum atomic E-state index is 12.3. The van der Waals surface area contributed by atoms with E-state index in [1.807, 2.05) is 0 Å². The van der Waals surface area contributed by atoms with Crippen molar-refractivity contribution >= 4 is 5.97 Å². The molecule has 0 aromatic heterocycles. The number of hydrogen-bond acceptors (Lipinski definition) is 3. The molecule has 0 radical (unpaired) electrons. The fourth-order valence-corrected chi connectivity index (χ4v) is 5.47. The summed E-state index contributed by atoms with van der Waals surface area (Å²) in [6.07, 6.45) is 10.6. The second-order valence-corrected chi connectivity index (χ2v) is 8.62. The maximum Gasteiger partial charge on any atom is 0.306 e. The molecule has 0 N–H and O–H groups in total. The Morgan fingerprint density at radius 1 is 1.04 bits per heavy atom. The van der Waals surface area contributed by atoms with Gasteiger partial charge in [0.05, 0.1) is 0 Å². The van der Waals surface area contributed by atoms with Crippen LogP contribution in [0.15, 0.2) is 30.3 Å². The van der Waals surface area contributed by atoms with Crippen LogP contribution in [0.2, 0.25) is 0 Å². The number of piperidine rings is 3. The van der Waals surface area contributed by atoms with Crippen LogP contribution in [0.1, 0.15) is 69.3 Å². The molecule has 1 saturated carbocycles. The van der Waals surface area contributed by atoms with Gasteiger partial charge in [0.25, 0.3) is 0 Å². The quantitative estimate of drug-likeness (QED) is 0.689. The van der Waals surface area contributed by atoms with E-state index in [1.54, 1.807) is 0 Å². The summed E-state index contributed by atoms with van der Waals surface area (Å²) in [5.41, 5.74) is 1.49. The molecule has 4 aliphatic rings. The van der Waals surface area contributed by atoms with E-state index in [9.17, 15) is 4.79 Å². The summed E-state index contributed by atoms with van der Waals surface area (Å²) in [4.78, 5) is 14.8. The van der Waals surface area contributed by atoms with E-state index >= 15 is 0 Å². The van der Waals surface area contributed by atoms with E-state index in [1.165, 1.54) is 57.2 Å². The molecule has 3 heteroatoms. The van der Waals surface area contributed by atoms with Crippen molar-refractivity contribution in [3.63, 3.8) is 0 Å². The SMILES string of the molecule is O=C(CCCC1CCCC[C@H]1c1ccccc1)O[C@@H]1CN2CCC1CC2. The highest BCUT2D eigenvalue weighted by atomic mass is 16.5. The first-order valence-corrected chi connectivity index (χ1v) is 10.8. The Balaban J connectivity index is 1.23. The van der Waals surface area contributed by atoms with Gasteiger partial charge in [-0.15, -0.1) is 0 Å². The number of nitrogens with zero attached hydrogens (tertiary/aromatic N) is 1. The average Bonchev–Trinajstić information content (AvgIpc) is 2.70. The molecule has 4 fully saturated rings. The molecule has 0 amide bonds. The first-order valence-electron chi connectivity index (χ1n) is 10.8. The Kier molecular flexibility index (Phi) is 5.94. The van der Waals surface area contributed by atoms with Crippen molar-refractivity contribution in [2.75, 3.05) is 19.6 Å². The molecular formula is C23H33NO2. The minimum atomic E-state index is 0.0378. The highest BCUT2D eigenvalue weighted by Gasteiger charge is 2.36. The summed E-state index contributed by atoms with van der Waals surface area (Å²) < 4.78 is 5.85. The van der Waals surface area contributed by atoms with Gasteiger partial charge in [0.15, 0.2) is 0 Å². The monoisotopic (exact) mass is 355 g/mol. The second kappa shape index (κ2) is 8.56. The van der Waals surface area contributed by atoms with Crippen LogP contribution in [0.5, 0.6) is 0 Å². The molecule has 1 aliphatic carbocycles. The van der Waals surface area contributed by atoms with Gasteiger partial charge in [0, 0.05) is 13.0 Å². The van der Waals surface area contributed by atoms with Crippen molar-refractivity contribution in [3.8, 4) is 0 Å². The van der Waals surface area contributed by atoms with Gasteiger partial charge >= 0.3 is 5.97 Å². The molecule has 2 bridgehead atoms. The number of carbonyl (C=O) groups excluding carboxylic acids is 1. The van der Waals surface area contributed by atoms with E-state index in [0.29, 0.717) is 18.3 Å². The summed E-state index contributed by atoms with van der Waals surface area (Å²) in [5.74, 6) is 2.07. The molecule has 5 rings (SSSR count). The van der Waals surface area contributed by atoms with Gasteiger partial charge in [-0.3, -0.25) is 9.69 Å². The molecule has 1 unspecified atom stereocenters. The lowest BCUT2D eigenvalue weighted by Crippen LogP contribution is -2.51. The van der Waals surface area contributed by atoms with Crippen molar-refractivity contribution in [1.29, 1.82) is 0 Å². The molecule has 3 heterocycles. The number of ether oxygens (including phenoxy) is 1. The van der Waals surface area contributed by atoms with E-state index in [4.69, 9.17) is 4.74 Å². The van der Waals surface area contributed by atoms with Crippen LogP contribution in [0.4, 0.5) is 0 Å². The zero-order chi connectivity index (χ0) is 17.8. The van der Waals surface area contributed by atoms with Gasteiger partial charge in [0.1, 0.15) is 6.10 Å². The average molecular weight is 356 g/mol. The zero-order valence-corrected chi connectivity index (χ0v) is 15.9. The highest BCUT2D eigenvalue weighted by Crippen LogP contribution is 2.40. The van der Waals surface area contributed by atoms with Gasteiger partial charge in [0.2, 0.25) is 0 Å². The number of esters is 1. The third-order valence-corrected chi connectivity index (χ3v) is 6.97. The first kappa shape index (κ1) is 18.0. The van der Waals surface area contributed by atoms with Gasteiger partial charge in [-0.05, 0) is 74.9 Å². The fourth-order valence-electron chi connectivity index (χ4n) is 5.47. The lowest BCUT2D eigenvalue weighted by atomic mass is 9.73. The van der Waals surface area contributed by atoms with Crippen LogP contribution in [0, 0.1) is 11.8 Å². The minimum absolute atomic E-state index is 0.0378. The number of rotatable bonds is 6. The highest BCUT2D eigenvalue weighted by molar-refractivity contribution is 5.69. The van der Waals surface area contributed by atoms with Crippen LogP contribution in [-0.4, -0.2) is 36.6 Å². The summed E-state index contributed by atoms with van der Waals surface area (Å²) in [6.45, 7) is 3.36. The van der Waals surface area contributed by atoms with Crippen LogP contribution < -0.4 is 0 Å². The Labute approximate surface area is 158 Å². The number of fused-ring (bicyclic) bond motifs is 3. The van der Waals surface area contributed by atoms with Crippen molar-refractivity contribution in [1.82, 2.24) is 4.90 Å². The van der Waals surface area contributed by atoms with E-state index in [-0.39, 0.29) is 12.1 Å². The number of carbonyl (C=O) groups is 1. The summed E-state index contributed by atoms with van der Waals surface area (Å²) in [6, 6.07) is 11.0. The smallest absolute Gasteiger partial charge is 0.306 e. The molecule has 3 atom stereocenters. The topological polar surface area (TPSA) is 29.5 Å². The van der Waals surface area contributed by atoms with Crippen molar-refractivity contribution in [2.45, 2.75) is 69.8 Å². The van der Waals surface area contributed by atoms with Crippen molar-refractivity contribution in [2.24, 2.45) is 11.8 Å². The summed E-state index contributed by atoms with van der Waals surface area (Å²) in [7, 11) is 0. The second-order valence-electron chi connectivity index (χ2n) is 8.62. The molecular weight excluding hydrogens is 322 g/mol. The molecule has 3 nitrogen and oxygen atoms in total. The normalized spacial score (nSPS) is 33.8. The largest absolute Gasteiger partial charge is 0.461 e. The van der Waals surface area contributed by atoms with E-state index < -0.39 is 0 Å². The number of benzene rings is 1. The van der Waals surface area contributed by atoms with E-state index in [0.717, 1.165) is 25.3 Å². The van der Waals surface area contributed by atoms with Crippen LogP contribution >= 0.6 is 0 Å². The molecule has 0 spiro atoms. The number of hydrogen-bond donors (Lipinski definition) is 0. The lowest BCUT2D eigenvalue weighted by molar-refractivity contribution is -0.159. The maximum absolute atomic E-state index is 12.3. The van der Waals surface area contributed by atoms with Gasteiger partial charge in [-0.1, -0.05) is 43.2 Å². The van der Waals surface area contributed by atoms with E-state index in [2.05, 4.69) is 35.2 Å². The third-order valence-electron chi connectivity index (χ3n) is 6.97. The third kappa shape index (κ3) is 4.31. The minimum Gasteiger partial charge on any atom is -0.461 e. The van der Waals surface area contributed by atoms with Gasteiger partial charge in [-0.2, -0.15) is 0 Å². The summed E-state index contributed by atoms with van der Waals surface area (Å²) >= 11 is 0. The Hall–Kier alpha value is -1.35. The van der Waals surface area contributed by atoms with Crippen LogP contribution in [-0.2, 0) is 9.53 Å². The van der Waals surface area contributed by atoms with Crippen LogP contribution in [0.3, 0.4) is 0 Å². The van der Waals surface area contributed by atoms with Crippen molar-refractivity contribution in [3.05, 3.63) is 35.9 Å². The Morgan fingerprint density at radius 3 is 2.54 bits per heavy atom. The summed E-state index contributed by atoms with van der Waals surface area (Å²) in [5, 5.41) is 0. The predicted octanol–water partition coefficient (Wildman–Crippen LogP) is 4.77. The Bertz CT molecular complexity index is 579. The molecule has 3 saturated heterocycles. The predicted molar refractivity (Wildman–Crippen MR) is 104 cm³/mol. The van der Waals surface area contributed by atoms with Gasteiger partial charge in [-0.25, -0.2) is 0 Å². The standard InChI is InChI=1S/C23H33NO2/c25-23(26-22-17-24-15-13-20(22)14-16-24)12-6-10-19-9-4-5-11-21(19)18-7-2-1-3-8-18/h1-3,7-8,19-22H,4-6,9-17H2/t19?,21-,22+/m0/s1. The fraction of sp³-hybridized carbons (Fsp3) is 0.696. The lowest BCUT2D eigenvalue weighted by Gasteiger charge is -2.43. The molecule has 142 valence electrons. The van der Waals surface area contributed by atoms with Crippen LogP contribution in [0.25, 0.3) is 0 Å². The Morgan fingerprint density at radius 2 is 1.81 bits per heavy atom. The molecule has 3 aliphatic heterocycles.